The zero-order chi connectivity index (χ0) is 19.8. The van der Waals surface area contributed by atoms with E-state index >= 15 is 0 Å². The van der Waals surface area contributed by atoms with Gasteiger partial charge in [-0.3, -0.25) is 19.4 Å². The van der Waals surface area contributed by atoms with Gasteiger partial charge < -0.3 is 15.0 Å². The van der Waals surface area contributed by atoms with Crippen molar-refractivity contribution in [3.63, 3.8) is 0 Å². The van der Waals surface area contributed by atoms with Gasteiger partial charge in [0.1, 0.15) is 18.3 Å². The molecule has 1 heterocycles. The summed E-state index contributed by atoms with van der Waals surface area (Å²) in [6, 6.07) is 8.38. The highest BCUT2D eigenvalue weighted by atomic mass is 16.5. The lowest BCUT2D eigenvalue weighted by Gasteiger charge is -2.24. The summed E-state index contributed by atoms with van der Waals surface area (Å²) >= 11 is 0. The summed E-state index contributed by atoms with van der Waals surface area (Å²) in [4.78, 5) is 42.4. The Kier molecular flexibility index (Phi) is 7.05. The summed E-state index contributed by atoms with van der Waals surface area (Å²) in [5.74, 6) is -1.36. The standard InChI is InChI=1S/C20H23N3O4/c1-4-5-12-23(13-17(24)27-3)20(26)14(2)22-19(25)18-16-9-7-6-8-15(16)10-11-21-18/h4-11,14H,12-13H2,1-3H3,(H,22,25)/b5-4-. The maximum Gasteiger partial charge on any atom is 0.325 e. The summed E-state index contributed by atoms with van der Waals surface area (Å²) in [5, 5.41) is 4.26. The van der Waals surface area contributed by atoms with Crippen molar-refractivity contribution in [3.05, 3.63) is 54.4 Å². The molecule has 0 bridgehead atoms. The van der Waals surface area contributed by atoms with Crippen LogP contribution in [0.15, 0.2) is 48.7 Å². The van der Waals surface area contributed by atoms with Crippen LogP contribution in [0.5, 0.6) is 0 Å². The molecule has 142 valence electrons. The number of ether oxygens (including phenoxy) is 1. The minimum absolute atomic E-state index is 0.188. The first-order valence-corrected chi connectivity index (χ1v) is 8.59. The van der Waals surface area contributed by atoms with Gasteiger partial charge in [0.2, 0.25) is 5.91 Å². The van der Waals surface area contributed by atoms with Crippen LogP contribution in [0, 0.1) is 0 Å². The minimum atomic E-state index is -0.826. The van der Waals surface area contributed by atoms with Crippen molar-refractivity contribution < 1.29 is 19.1 Å². The van der Waals surface area contributed by atoms with Gasteiger partial charge in [-0.1, -0.05) is 36.4 Å². The summed E-state index contributed by atoms with van der Waals surface area (Å²) in [6.45, 7) is 3.45. The number of allylic oxidation sites excluding steroid dienone is 1. The molecule has 2 aromatic rings. The van der Waals surface area contributed by atoms with Crippen LogP contribution in [-0.2, 0) is 14.3 Å². The highest BCUT2D eigenvalue weighted by molar-refractivity contribution is 6.06. The first-order chi connectivity index (χ1) is 13.0. The number of rotatable bonds is 7. The molecule has 1 aromatic heterocycles. The van der Waals surface area contributed by atoms with Crippen molar-refractivity contribution >= 4 is 28.6 Å². The molecule has 27 heavy (non-hydrogen) atoms. The van der Waals surface area contributed by atoms with Crippen molar-refractivity contribution in [1.29, 1.82) is 0 Å². The molecule has 0 fully saturated rings. The number of carbonyl (C=O) groups excluding carboxylic acids is 3. The molecule has 0 saturated carbocycles. The Hall–Kier alpha value is -3.22. The molecule has 0 aliphatic carbocycles. The summed E-state index contributed by atoms with van der Waals surface area (Å²) < 4.78 is 4.63. The first kappa shape index (κ1) is 20.1. The maximum atomic E-state index is 12.7. The van der Waals surface area contributed by atoms with Gasteiger partial charge in [0.05, 0.1) is 7.11 Å². The van der Waals surface area contributed by atoms with Crippen LogP contribution in [0.3, 0.4) is 0 Å². The third kappa shape index (κ3) is 5.13. The Balaban J connectivity index is 2.15. The topological polar surface area (TPSA) is 88.6 Å². The number of amides is 2. The highest BCUT2D eigenvalue weighted by Crippen LogP contribution is 2.16. The predicted molar refractivity (Wildman–Crippen MR) is 102 cm³/mol. The normalized spacial score (nSPS) is 12.0. The van der Waals surface area contributed by atoms with Gasteiger partial charge in [0.15, 0.2) is 0 Å². The minimum Gasteiger partial charge on any atom is -0.468 e. The molecule has 2 rings (SSSR count). The summed E-state index contributed by atoms with van der Waals surface area (Å²) in [6.07, 6.45) is 5.09. The lowest BCUT2D eigenvalue weighted by Crippen LogP contribution is -2.48. The lowest BCUT2D eigenvalue weighted by molar-refractivity contribution is -0.147. The van der Waals surface area contributed by atoms with E-state index in [9.17, 15) is 14.4 Å². The summed E-state index contributed by atoms with van der Waals surface area (Å²) in [7, 11) is 1.26. The first-order valence-electron chi connectivity index (χ1n) is 8.59. The summed E-state index contributed by atoms with van der Waals surface area (Å²) in [5.41, 5.74) is 0.251. The van der Waals surface area contributed by atoms with E-state index in [1.807, 2.05) is 31.2 Å². The van der Waals surface area contributed by atoms with Crippen LogP contribution in [0.2, 0.25) is 0 Å². The van der Waals surface area contributed by atoms with Crippen LogP contribution < -0.4 is 5.32 Å². The number of esters is 1. The number of nitrogens with zero attached hydrogens (tertiary/aromatic N) is 2. The smallest absolute Gasteiger partial charge is 0.325 e. The van der Waals surface area contributed by atoms with Gasteiger partial charge in [0, 0.05) is 18.1 Å². The van der Waals surface area contributed by atoms with Crippen LogP contribution in [0.1, 0.15) is 24.3 Å². The molecular weight excluding hydrogens is 346 g/mol. The van der Waals surface area contributed by atoms with Gasteiger partial charge >= 0.3 is 5.97 Å². The lowest BCUT2D eigenvalue weighted by atomic mass is 10.1. The molecular formula is C20H23N3O4. The second-order valence-electron chi connectivity index (χ2n) is 5.94. The number of nitrogens with one attached hydrogen (secondary N) is 1. The van der Waals surface area contributed by atoms with E-state index in [2.05, 4.69) is 15.0 Å². The molecule has 1 aromatic carbocycles. The number of fused-ring (bicyclic) bond motifs is 1. The number of hydrogen-bond donors (Lipinski definition) is 1. The Morgan fingerprint density at radius 3 is 2.70 bits per heavy atom. The quantitative estimate of drug-likeness (QED) is 0.595. The molecule has 0 aliphatic rings. The SMILES string of the molecule is C/C=C\CN(CC(=O)OC)C(=O)C(C)NC(=O)c1nccc2ccccc12. The van der Waals surface area contributed by atoms with Crippen LogP contribution in [0.25, 0.3) is 10.8 Å². The molecule has 0 saturated heterocycles. The molecule has 2 amide bonds. The average molecular weight is 369 g/mol. The van der Waals surface area contributed by atoms with Gasteiger partial charge in [0.25, 0.3) is 5.91 Å². The van der Waals surface area contributed by atoms with Gasteiger partial charge in [-0.25, -0.2) is 0 Å². The zero-order valence-corrected chi connectivity index (χ0v) is 15.6. The molecule has 0 aliphatic heterocycles. The number of hydrogen-bond acceptors (Lipinski definition) is 5. The second kappa shape index (κ2) is 9.47. The van der Waals surface area contributed by atoms with E-state index in [0.29, 0.717) is 5.39 Å². The second-order valence-corrected chi connectivity index (χ2v) is 5.94. The zero-order valence-electron chi connectivity index (χ0n) is 15.6. The van der Waals surface area contributed by atoms with E-state index in [4.69, 9.17) is 0 Å². The molecule has 1 atom stereocenters. The van der Waals surface area contributed by atoms with Crippen LogP contribution >= 0.6 is 0 Å². The van der Waals surface area contributed by atoms with Crippen molar-refractivity contribution in [2.45, 2.75) is 19.9 Å². The van der Waals surface area contributed by atoms with Crippen LogP contribution in [0.4, 0.5) is 0 Å². The van der Waals surface area contributed by atoms with E-state index < -0.39 is 17.9 Å². The van der Waals surface area contributed by atoms with E-state index in [0.717, 1.165) is 5.39 Å². The monoisotopic (exact) mass is 369 g/mol. The number of pyridine rings is 1. The Morgan fingerprint density at radius 2 is 2.00 bits per heavy atom. The largest absolute Gasteiger partial charge is 0.468 e. The fraction of sp³-hybridized carbons (Fsp3) is 0.300. The van der Waals surface area contributed by atoms with Crippen LogP contribution in [-0.4, -0.2) is 53.9 Å². The highest BCUT2D eigenvalue weighted by Gasteiger charge is 2.24. The molecule has 7 nitrogen and oxygen atoms in total. The van der Waals surface area contributed by atoms with E-state index in [1.165, 1.54) is 12.0 Å². The molecule has 0 spiro atoms. The van der Waals surface area contributed by atoms with E-state index in [1.54, 1.807) is 31.3 Å². The van der Waals surface area contributed by atoms with Gasteiger partial charge in [-0.05, 0) is 25.3 Å². The van der Waals surface area contributed by atoms with Gasteiger partial charge in [-0.15, -0.1) is 0 Å². The fourth-order valence-corrected chi connectivity index (χ4v) is 2.59. The molecule has 1 N–H and O–H groups in total. The van der Waals surface area contributed by atoms with Crippen molar-refractivity contribution in [3.8, 4) is 0 Å². The van der Waals surface area contributed by atoms with Crippen molar-refractivity contribution in [2.75, 3.05) is 20.2 Å². The Bertz CT molecular complexity index is 858. The number of benzene rings is 1. The van der Waals surface area contributed by atoms with Crippen molar-refractivity contribution in [2.24, 2.45) is 0 Å². The Labute approximate surface area is 158 Å². The van der Waals surface area contributed by atoms with Gasteiger partial charge in [-0.2, -0.15) is 0 Å². The fourth-order valence-electron chi connectivity index (χ4n) is 2.59. The number of aromatic nitrogens is 1. The average Bonchev–Trinajstić information content (AvgIpc) is 2.69. The number of methoxy groups -OCH3 is 1. The molecule has 7 heteroatoms. The molecule has 0 radical (unpaired) electrons. The van der Waals surface area contributed by atoms with E-state index in [-0.39, 0.29) is 24.7 Å². The number of carbonyl (C=O) groups is 3. The maximum absolute atomic E-state index is 12.7. The van der Waals surface area contributed by atoms with Crippen molar-refractivity contribution in [1.82, 2.24) is 15.2 Å². The Morgan fingerprint density at radius 1 is 1.26 bits per heavy atom. The molecule has 1 unspecified atom stereocenters. The third-order valence-electron chi connectivity index (χ3n) is 4.03. The predicted octanol–water partition coefficient (Wildman–Crippen LogP) is 1.93. The third-order valence-corrected chi connectivity index (χ3v) is 4.03.